The summed E-state index contributed by atoms with van der Waals surface area (Å²) in [5.41, 5.74) is 17.0. The molecular weight excluding hydrogens is 719 g/mol. The second kappa shape index (κ2) is 16.1. The van der Waals surface area contributed by atoms with Crippen molar-refractivity contribution >= 4 is 50.5 Å². The molecule has 10 nitrogen and oxygen atoms in total. The highest BCUT2D eigenvalue weighted by molar-refractivity contribution is 9.10. The normalized spacial score (nSPS) is 10.2. The summed E-state index contributed by atoms with van der Waals surface area (Å²) in [5.74, 6) is 2.21. The van der Waals surface area contributed by atoms with Gasteiger partial charge in [-0.25, -0.2) is 9.97 Å². The maximum absolute atomic E-state index is 9.16. The summed E-state index contributed by atoms with van der Waals surface area (Å²) >= 11 is 15.4. The van der Waals surface area contributed by atoms with Crippen LogP contribution in [0.1, 0.15) is 33.6 Å². The number of hydrogen-bond acceptors (Lipinski definition) is 10. The van der Waals surface area contributed by atoms with Crippen molar-refractivity contribution in [1.82, 2.24) is 9.97 Å². The highest BCUT2D eigenvalue weighted by Gasteiger charge is 2.20. The first-order valence-electron chi connectivity index (χ1n) is 14.1. The van der Waals surface area contributed by atoms with Crippen LogP contribution < -0.4 is 30.4 Å². The first kappa shape index (κ1) is 35.7. The van der Waals surface area contributed by atoms with E-state index in [4.69, 9.17) is 64.1 Å². The topological polar surface area (TPSA) is 162 Å². The fourth-order valence-corrected chi connectivity index (χ4v) is 5.32. The summed E-state index contributed by atoms with van der Waals surface area (Å²) < 4.78 is 22.8. The van der Waals surface area contributed by atoms with E-state index in [9.17, 15) is 0 Å². The van der Waals surface area contributed by atoms with Crippen LogP contribution in [0.25, 0.3) is 0 Å². The summed E-state index contributed by atoms with van der Waals surface area (Å²) in [7, 11) is 2.98. The van der Waals surface area contributed by atoms with Gasteiger partial charge in [0.15, 0.2) is 11.5 Å². The number of benzene rings is 3. The molecule has 0 fully saturated rings. The maximum atomic E-state index is 9.16. The number of nitrogen functional groups attached to an aromatic ring is 2. The summed E-state index contributed by atoms with van der Waals surface area (Å²) in [5, 5.41) is 18.9. The highest BCUT2D eigenvalue weighted by atomic mass is 79.9. The molecule has 4 N–H and O–H groups in total. The Morgan fingerprint density at radius 3 is 1.71 bits per heavy atom. The van der Waals surface area contributed by atoms with Gasteiger partial charge in [0, 0.05) is 27.7 Å². The van der Waals surface area contributed by atoms with Crippen LogP contribution in [0.5, 0.6) is 34.8 Å². The Morgan fingerprint density at radius 1 is 0.729 bits per heavy atom. The Balaban J connectivity index is 0.000000224. The molecular formula is C35H29BrCl2N6O4. The van der Waals surface area contributed by atoms with Crippen LogP contribution in [-0.4, -0.2) is 24.2 Å². The molecule has 0 atom stereocenters. The summed E-state index contributed by atoms with van der Waals surface area (Å²) in [6, 6.07) is 23.6. The van der Waals surface area contributed by atoms with Crippen molar-refractivity contribution in [1.29, 1.82) is 10.5 Å². The Kier molecular flexibility index (Phi) is 11.9. The molecule has 0 amide bonds. The Bertz CT molecular complexity index is 2050. The van der Waals surface area contributed by atoms with E-state index >= 15 is 0 Å². The van der Waals surface area contributed by atoms with Crippen molar-refractivity contribution in [2.45, 2.75) is 20.3 Å². The van der Waals surface area contributed by atoms with Gasteiger partial charge in [-0.1, -0.05) is 53.5 Å². The number of anilines is 2. The van der Waals surface area contributed by atoms with Crippen LogP contribution in [0.4, 0.5) is 11.4 Å². The van der Waals surface area contributed by atoms with Crippen molar-refractivity contribution in [3.63, 3.8) is 0 Å². The van der Waals surface area contributed by atoms with Gasteiger partial charge in [-0.2, -0.15) is 10.5 Å². The molecule has 2 heterocycles. The number of rotatable bonds is 8. The lowest BCUT2D eigenvalue weighted by molar-refractivity contribution is 0.393. The summed E-state index contributed by atoms with van der Waals surface area (Å²) in [4.78, 5) is 8.63. The number of aromatic nitrogens is 2. The third-order valence-electron chi connectivity index (χ3n) is 6.77. The molecule has 0 bridgehead atoms. The van der Waals surface area contributed by atoms with Crippen molar-refractivity contribution < 1.29 is 18.9 Å². The van der Waals surface area contributed by atoms with E-state index in [2.05, 4.69) is 32.0 Å². The molecule has 13 heteroatoms. The van der Waals surface area contributed by atoms with E-state index in [1.54, 1.807) is 43.3 Å². The molecule has 0 radical (unpaired) electrons. The molecule has 0 saturated heterocycles. The number of aryl methyl sites for hydroxylation is 2. The Hall–Kier alpha value is -5.20. The lowest BCUT2D eigenvalue weighted by Gasteiger charge is -2.18. The fraction of sp³-hybridized carbons (Fsp3) is 0.143. The van der Waals surface area contributed by atoms with Gasteiger partial charge < -0.3 is 30.4 Å². The molecule has 0 aliphatic rings. The molecule has 0 aliphatic heterocycles. The average Bonchev–Trinajstić information content (AvgIpc) is 3.08. The van der Waals surface area contributed by atoms with Crippen LogP contribution >= 0.6 is 39.1 Å². The number of hydrogen-bond donors (Lipinski definition) is 2. The summed E-state index contributed by atoms with van der Waals surface area (Å²) in [6.45, 7) is 3.67. The quantitative estimate of drug-likeness (QED) is 0.157. The van der Waals surface area contributed by atoms with Crippen molar-refractivity contribution in [3.8, 4) is 46.9 Å². The zero-order chi connectivity index (χ0) is 35.0. The minimum atomic E-state index is 0.258. The van der Waals surface area contributed by atoms with Gasteiger partial charge >= 0.3 is 0 Å². The first-order chi connectivity index (χ1) is 23.0. The van der Waals surface area contributed by atoms with E-state index in [0.717, 1.165) is 16.8 Å². The largest absolute Gasteiger partial charge is 0.479 e. The van der Waals surface area contributed by atoms with E-state index < -0.39 is 0 Å². The van der Waals surface area contributed by atoms with Crippen LogP contribution in [-0.2, 0) is 6.42 Å². The zero-order valence-electron chi connectivity index (χ0n) is 26.3. The second-order valence-corrected chi connectivity index (χ2v) is 11.8. The molecule has 48 heavy (non-hydrogen) atoms. The minimum Gasteiger partial charge on any atom is -0.479 e. The van der Waals surface area contributed by atoms with E-state index in [1.165, 1.54) is 14.2 Å². The molecule has 5 rings (SSSR count). The predicted octanol–water partition coefficient (Wildman–Crippen LogP) is 8.95. The number of nitrogens with zero attached hydrogens (tertiary/aromatic N) is 4. The van der Waals surface area contributed by atoms with Crippen molar-refractivity contribution in [3.05, 3.63) is 115 Å². The van der Waals surface area contributed by atoms with Gasteiger partial charge in [0.1, 0.15) is 22.9 Å². The molecule has 244 valence electrons. The average molecular weight is 748 g/mol. The van der Waals surface area contributed by atoms with Crippen LogP contribution in [0.3, 0.4) is 0 Å². The lowest BCUT2D eigenvalue weighted by Crippen LogP contribution is -2.06. The van der Waals surface area contributed by atoms with Crippen molar-refractivity contribution in [2.75, 3.05) is 25.7 Å². The van der Waals surface area contributed by atoms with E-state index in [-0.39, 0.29) is 11.6 Å². The zero-order valence-corrected chi connectivity index (χ0v) is 29.4. The van der Waals surface area contributed by atoms with Crippen LogP contribution in [0, 0.1) is 36.5 Å². The number of nitriles is 2. The van der Waals surface area contributed by atoms with E-state index in [1.807, 2.05) is 43.3 Å². The molecule has 0 saturated carbocycles. The van der Waals surface area contributed by atoms with E-state index in [0.29, 0.717) is 72.3 Å². The molecule has 3 aromatic carbocycles. The predicted molar refractivity (Wildman–Crippen MR) is 189 cm³/mol. The highest BCUT2D eigenvalue weighted by Crippen LogP contribution is 2.42. The molecule has 5 aromatic rings. The number of pyridine rings is 2. The smallest absolute Gasteiger partial charge is 0.241 e. The monoisotopic (exact) mass is 746 g/mol. The number of methoxy groups -OCH3 is 2. The van der Waals surface area contributed by atoms with Gasteiger partial charge in [0.25, 0.3) is 0 Å². The number of nitrogens with two attached hydrogens (primary N) is 2. The summed E-state index contributed by atoms with van der Waals surface area (Å²) in [6.07, 6.45) is 0.592. The third kappa shape index (κ3) is 8.58. The minimum absolute atomic E-state index is 0.258. The van der Waals surface area contributed by atoms with Gasteiger partial charge in [-0.15, -0.1) is 0 Å². The first-order valence-corrected chi connectivity index (χ1v) is 15.7. The molecule has 0 unspecified atom stereocenters. The van der Waals surface area contributed by atoms with Gasteiger partial charge in [0.05, 0.1) is 47.7 Å². The molecule has 0 spiro atoms. The Morgan fingerprint density at radius 2 is 1.21 bits per heavy atom. The second-order valence-electron chi connectivity index (χ2n) is 10.1. The fourth-order valence-electron chi connectivity index (χ4n) is 4.49. The van der Waals surface area contributed by atoms with Crippen LogP contribution in [0.2, 0.25) is 10.0 Å². The maximum Gasteiger partial charge on any atom is 0.241 e. The molecule has 0 aliphatic carbocycles. The number of ether oxygens (including phenoxy) is 4. The van der Waals surface area contributed by atoms with Gasteiger partial charge in [-0.05, 0) is 71.7 Å². The third-order valence-corrected chi connectivity index (χ3v) is 8.14. The van der Waals surface area contributed by atoms with Crippen molar-refractivity contribution in [2.24, 2.45) is 0 Å². The molecule has 2 aromatic heterocycles. The Labute approximate surface area is 296 Å². The lowest BCUT2D eigenvalue weighted by atomic mass is 10.0. The van der Waals surface area contributed by atoms with Gasteiger partial charge in [0.2, 0.25) is 11.8 Å². The van der Waals surface area contributed by atoms with Crippen LogP contribution in [0.15, 0.2) is 71.2 Å². The SMILES string of the molecule is COc1nc(C)c(Br)c(Oc2cc(Cl)cc(C#N)c2)c1N.COc1nc(C)c(Cc2ccccc2)c(Oc2cc(Cl)cc(C#N)c2)c1N. The van der Waals surface area contributed by atoms with Gasteiger partial charge in [-0.3, -0.25) is 0 Å². The standard InChI is InChI=1S/C21H18ClN3O2.C14H11BrClN3O2/c1-13-18(10-14-6-4-3-5-7-14)20(19(24)21(25-13)26-2)27-17-9-15(12-23)8-16(22)11-17;1-7-11(15)13(12(18)14(19-7)20-2)21-10-4-8(6-17)3-9(16)5-10/h3-9,11H,10,24H2,1-2H3;3-5H,18H2,1-2H3. The number of halogens is 3.